The second-order valence-corrected chi connectivity index (χ2v) is 3.99. The highest BCUT2D eigenvalue weighted by Crippen LogP contribution is 2.19. The predicted octanol–water partition coefficient (Wildman–Crippen LogP) is 0.657. The van der Waals surface area contributed by atoms with E-state index in [9.17, 15) is 4.79 Å². The average molecular weight is 253 g/mol. The van der Waals surface area contributed by atoms with Gasteiger partial charge in [0, 0.05) is 7.05 Å². The van der Waals surface area contributed by atoms with E-state index in [1.165, 1.54) is 6.20 Å². The van der Waals surface area contributed by atoms with Crippen LogP contribution in [-0.2, 0) is 4.74 Å². The maximum absolute atomic E-state index is 11.7. The molecule has 1 aromatic heterocycles. The van der Waals surface area contributed by atoms with Crippen LogP contribution in [0.4, 0.5) is 11.5 Å². The fourth-order valence-corrected chi connectivity index (χ4v) is 1.38. The number of nitrogen functional groups attached to an aromatic ring is 1. The Balaban J connectivity index is 3.03. The van der Waals surface area contributed by atoms with Crippen LogP contribution in [0.1, 0.15) is 24.2 Å². The molecule has 1 aromatic rings. The highest BCUT2D eigenvalue weighted by molar-refractivity contribution is 5.95. The number of carbonyl (C=O) groups is 1. The molecular weight excluding hydrogens is 234 g/mol. The molecule has 100 valence electrons. The van der Waals surface area contributed by atoms with Crippen LogP contribution >= 0.6 is 0 Å². The molecule has 18 heavy (non-hydrogen) atoms. The number of hydrogen-bond donors (Lipinski definition) is 2. The predicted molar refractivity (Wildman–Crippen MR) is 69.6 cm³/mol. The number of carbonyl (C=O) groups excluding carboxylic acids is 1. The first-order valence-electron chi connectivity index (χ1n) is 5.77. The van der Waals surface area contributed by atoms with Crippen molar-refractivity contribution in [3.63, 3.8) is 0 Å². The van der Waals surface area contributed by atoms with Gasteiger partial charge in [0.1, 0.15) is 5.82 Å². The summed E-state index contributed by atoms with van der Waals surface area (Å²) in [6.07, 6.45) is 1.42. The lowest BCUT2D eigenvalue weighted by Crippen LogP contribution is -2.32. The molecule has 6 heteroatoms. The van der Waals surface area contributed by atoms with Gasteiger partial charge in [-0.05, 0) is 19.9 Å². The third-order valence-corrected chi connectivity index (χ3v) is 2.70. The second kappa shape index (κ2) is 6.20. The summed E-state index contributed by atoms with van der Waals surface area (Å²) in [5.41, 5.74) is 6.27. The number of nitrogens with zero attached hydrogens (tertiary/aromatic N) is 2. The van der Waals surface area contributed by atoms with Gasteiger partial charge in [0.25, 0.3) is 0 Å². The number of likely N-dealkylation sites (N-methyl/N-ethyl adjacent to an activating group) is 1. The van der Waals surface area contributed by atoms with Crippen LogP contribution in [0, 0.1) is 0 Å². The molecule has 0 saturated carbocycles. The topological polar surface area (TPSA) is 88.7 Å². The fourth-order valence-electron chi connectivity index (χ4n) is 1.38. The van der Waals surface area contributed by atoms with E-state index in [0.29, 0.717) is 18.0 Å². The van der Waals surface area contributed by atoms with E-state index in [0.717, 1.165) is 0 Å². The number of aliphatic hydroxyl groups is 1. The summed E-state index contributed by atoms with van der Waals surface area (Å²) in [7, 11) is 1.79. The minimum Gasteiger partial charge on any atom is -0.462 e. The molecule has 0 aliphatic rings. The van der Waals surface area contributed by atoms with Crippen molar-refractivity contribution in [2.75, 3.05) is 30.9 Å². The van der Waals surface area contributed by atoms with E-state index in [-0.39, 0.29) is 18.3 Å². The first kappa shape index (κ1) is 14.2. The summed E-state index contributed by atoms with van der Waals surface area (Å²) < 4.78 is 4.92. The Morgan fingerprint density at radius 3 is 2.89 bits per heavy atom. The van der Waals surface area contributed by atoms with Gasteiger partial charge < -0.3 is 20.5 Å². The molecule has 3 N–H and O–H groups in total. The number of aliphatic hydroxyl groups excluding tert-OH is 1. The van der Waals surface area contributed by atoms with Gasteiger partial charge in [-0.1, -0.05) is 0 Å². The van der Waals surface area contributed by atoms with Crippen LogP contribution in [0.2, 0.25) is 0 Å². The van der Waals surface area contributed by atoms with E-state index >= 15 is 0 Å². The minimum absolute atomic E-state index is 0.00268. The van der Waals surface area contributed by atoms with Gasteiger partial charge in [0.15, 0.2) is 0 Å². The van der Waals surface area contributed by atoms with Gasteiger partial charge >= 0.3 is 5.97 Å². The summed E-state index contributed by atoms with van der Waals surface area (Å²) in [6, 6.07) is 1.47. The third-order valence-electron chi connectivity index (χ3n) is 2.70. The van der Waals surface area contributed by atoms with Crippen LogP contribution in [0.25, 0.3) is 0 Å². The summed E-state index contributed by atoms with van der Waals surface area (Å²) in [4.78, 5) is 17.6. The van der Waals surface area contributed by atoms with Gasteiger partial charge in [-0.2, -0.15) is 0 Å². The molecule has 0 aromatic carbocycles. The maximum Gasteiger partial charge on any atom is 0.340 e. The lowest BCUT2D eigenvalue weighted by Gasteiger charge is -2.24. The van der Waals surface area contributed by atoms with Crippen molar-refractivity contribution in [2.45, 2.75) is 19.9 Å². The molecule has 0 aliphatic heterocycles. The molecule has 1 unspecified atom stereocenters. The number of aromatic nitrogens is 1. The lowest BCUT2D eigenvalue weighted by molar-refractivity contribution is 0.0527. The van der Waals surface area contributed by atoms with E-state index in [4.69, 9.17) is 15.6 Å². The van der Waals surface area contributed by atoms with E-state index in [1.54, 1.807) is 24.9 Å². The summed E-state index contributed by atoms with van der Waals surface area (Å²) in [5.74, 6) is 0.0949. The average Bonchev–Trinajstić information content (AvgIpc) is 2.37. The molecule has 0 radical (unpaired) electrons. The quantitative estimate of drug-likeness (QED) is 0.749. The molecule has 0 saturated heterocycles. The van der Waals surface area contributed by atoms with Gasteiger partial charge in [-0.15, -0.1) is 0 Å². The molecular formula is C12H19N3O3. The van der Waals surface area contributed by atoms with Crippen molar-refractivity contribution in [3.05, 3.63) is 17.8 Å². The third kappa shape index (κ3) is 3.10. The number of anilines is 2. The molecule has 0 fully saturated rings. The molecule has 0 spiro atoms. The largest absolute Gasteiger partial charge is 0.462 e. The Morgan fingerprint density at radius 1 is 1.67 bits per heavy atom. The molecule has 1 atom stereocenters. The van der Waals surface area contributed by atoms with Crippen molar-refractivity contribution in [1.82, 2.24) is 4.98 Å². The molecule has 0 bridgehead atoms. The van der Waals surface area contributed by atoms with Gasteiger partial charge in [0.2, 0.25) is 0 Å². The Bertz CT molecular complexity index is 423. The van der Waals surface area contributed by atoms with E-state index < -0.39 is 5.97 Å². The maximum atomic E-state index is 11.7. The second-order valence-electron chi connectivity index (χ2n) is 3.99. The van der Waals surface area contributed by atoms with Crippen LogP contribution in [0.15, 0.2) is 12.3 Å². The molecule has 1 heterocycles. The summed E-state index contributed by atoms with van der Waals surface area (Å²) in [5, 5.41) is 9.10. The molecule has 0 aliphatic carbocycles. The van der Waals surface area contributed by atoms with Crippen LogP contribution in [0.3, 0.4) is 0 Å². The minimum atomic E-state index is -0.469. The normalized spacial score (nSPS) is 12.0. The SMILES string of the molecule is CCOC(=O)c1cc(N(C)C(C)CO)ncc1N. The van der Waals surface area contributed by atoms with E-state index in [1.807, 2.05) is 6.92 Å². The van der Waals surface area contributed by atoms with Crippen molar-refractivity contribution < 1.29 is 14.6 Å². The zero-order valence-electron chi connectivity index (χ0n) is 10.9. The van der Waals surface area contributed by atoms with Crippen molar-refractivity contribution in [1.29, 1.82) is 0 Å². The Hall–Kier alpha value is -1.82. The highest BCUT2D eigenvalue weighted by atomic mass is 16.5. The van der Waals surface area contributed by atoms with Crippen LogP contribution in [-0.4, -0.2) is 42.4 Å². The Labute approximate surface area is 106 Å². The van der Waals surface area contributed by atoms with Gasteiger partial charge in [-0.25, -0.2) is 9.78 Å². The van der Waals surface area contributed by atoms with Crippen molar-refractivity contribution in [2.24, 2.45) is 0 Å². The number of pyridine rings is 1. The zero-order valence-corrected chi connectivity index (χ0v) is 10.9. The van der Waals surface area contributed by atoms with Gasteiger partial charge in [-0.3, -0.25) is 0 Å². The summed E-state index contributed by atoms with van der Waals surface area (Å²) in [6.45, 7) is 3.87. The smallest absolute Gasteiger partial charge is 0.340 e. The monoisotopic (exact) mass is 253 g/mol. The standard InChI is InChI=1S/C12H19N3O3/c1-4-18-12(17)9-5-11(14-6-10(9)13)15(3)8(2)7-16/h5-6,8,16H,4,7,13H2,1-3H3. The van der Waals surface area contributed by atoms with E-state index in [2.05, 4.69) is 4.98 Å². The highest BCUT2D eigenvalue weighted by Gasteiger charge is 2.16. The summed E-state index contributed by atoms with van der Waals surface area (Å²) >= 11 is 0. The zero-order chi connectivity index (χ0) is 13.7. The molecule has 0 amide bonds. The number of hydrogen-bond acceptors (Lipinski definition) is 6. The molecule has 6 nitrogen and oxygen atoms in total. The van der Waals surface area contributed by atoms with Crippen LogP contribution in [0.5, 0.6) is 0 Å². The van der Waals surface area contributed by atoms with Gasteiger partial charge in [0.05, 0.1) is 36.7 Å². The first-order valence-corrected chi connectivity index (χ1v) is 5.77. The number of ether oxygens (including phenoxy) is 1. The first-order chi connectivity index (χ1) is 8.51. The fraction of sp³-hybridized carbons (Fsp3) is 0.500. The molecule has 1 rings (SSSR count). The number of nitrogens with two attached hydrogens (primary N) is 1. The van der Waals surface area contributed by atoms with Crippen molar-refractivity contribution >= 4 is 17.5 Å². The van der Waals surface area contributed by atoms with Crippen molar-refractivity contribution in [3.8, 4) is 0 Å². The Morgan fingerprint density at radius 2 is 2.33 bits per heavy atom. The number of rotatable bonds is 5. The Kier molecular flexibility index (Phi) is 4.91. The lowest BCUT2D eigenvalue weighted by atomic mass is 10.2. The number of esters is 1. The van der Waals surface area contributed by atoms with Crippen LogP contribution < -0.4 is 10.6 Å².